The molecule has 1 fully saturated rings. The minimum absolute atomic E-state index is 0.374. The van der Waals surface area contributed by atoms with Crippen molar-refractivity contribution in [3.05, 3.63) is 0 Å². The summed E-state index contributed by atoms with van der Waals surface area (Å²) < 4.78 is 4.89. The molecule has 0 aliphatic heterocycles. The summed E-state index contributed by atoms with van der Waals surface area (Å²) in [5.41, 5.74) is 0. The molecule has 0 spiro atoms. The maximum atomic E-state index is 9.51. The molecule has 15 heavy (non-hydrogen) atoms. The molecule has 0 radical (unpaired) electrons. The molecule has 1 aliphatic carbocycles. The fourth-order valence-electron chi connectivity index (χ4n) is 2.37. The summed E-state index contributed by atoms with van der Waals surface area (Å²) in [4.78, 5) is 0. The van der Waals surface area contributed by atoms with Crippen LogP contribution in [-0.4, -0.2) is 37.5 Å². The molecule has 2 atom stereocenters. The van der Waals surface area contributed by atoms with Gasteiger partial charge in [-0.3, -0.25) is 0 Å². The highest BCUT2D eigenvalue weighted by Gasteiger charge is 2.19. The van der Waals surface area contributed by atoms with Crippen molar-refractivity contribution in [2.75, 3.05) is 20.3 Å². The molecule has 2 N–H and O–H groups in total. The number of nitrogens with one attached hydrogen (secondary N) is 1. The van der Waals surface area contributed by atoms with Crippen molar-refractivity contribution in [3.8, 4) is 0 Å². The SMILES string of the molecule is COCC(O)CN[C@@H](C)C1CCCCC1. The lowest BCUT2D eigenvalue weighted by atomic mass is 9.84. The Kier molecular flexibility index (Phi) is 6.22. The van der Waals surface area contributed by atoms with Crippen LogP contribution in [0, 0.1) is 5.92 Å². The van der Waals surface area contributed by atoms with Gasteiger partial charge in [-0.2, -0.15) is 0 Å². The van der Waals surface area contributed by atoms with Gasteiger partial charge in [0.15, 0.2) is 0 Å². The van der Waals surface area contributed by atoms with Crippen molar-refractivity contribution in [1.82, 2.24) is 5.32 Å². The molecule has 90 valence electrons. The van der Waals surface area contributed by atoms with Crippen LogP contribution in [0.3, 0.4) is 0 Å². The summed E-state index contributed by atoms with van der Waals surface area (Å²) in [5, 5.41) is 12.9. The Morgan fingerprint density at radius 1 is 1.33 bits per heavy atom. The van der Waals surface area contributed by atoms with Crippen LogP contribution >= 0.6 is 0 Å². The van der Waals surface area contributed by atoms with Gasteiger partial charge in [-0.05, 0) is 25.7 Å². The van der Waals surface area contributed by atoms with Gasteiger partial charge in [-0.1, -0.05) is 19.3 Å². The van der Waals surface area contributed by atoms with E-state index in [9.17, 15) is 5.11 Å². The van der Waals surface area contributed by atoms with Crippen LogP contribution in [0.1, 0.15) is 39.0 Å². The second-order valence-electron chi connectivity index (χ2n) is 4.70. The topological polar surface area (TPSA) is 41.5 Å². The van der Waals surface area contributed by atoms with Crippen LogP contribution in [0.15, 0.2) is 0 Å². The molecule has 0 aromatic heterocycles. The first-order valence-corrected chi connectivity index (χ1v) is 6.14. The Morgan fingerprint density at radius 3 is 2.60 bits per heavy atom. The van der Waals surface area contributed by atoms with E-state index in [1.165, 1.54) is 32.1 Å². The number of aliphatic hydroxyl groups is 1. The summed E-state index contributed by atoms with van der Waals surface area (Å²) >= 11 is 0. The summed E-state index contributed by atoms with van der Waals surface area (Å²) in [6.07, 6.45) is 6.45. The van der Waals surface area contributed by atoms with Crippen LogP contribution in [-0.2, 0) is 4.74 Å². The molecule has 1 saturated carbocycles. The average Bonchev–Trinajstić information content (AvgIpc) is 2.27. The van der Waals surface area contributed by atoms with Gasteiger partial charge in [0.1, 0.15) is 0 Å². The van der Waals surface area contributed by atoms with Crippen molar-refractivity contribution in [1.29, 1.82) is 0 Å². The lowest BCUT2D eigenvalue weighted by molar-refractivity contribution is 0.0609. The maximum Gasteiger partial charge on any atom is 0.0897 e. The third-order valence-corrected chi connectivity index (χ3v) is 3.39. The summed E-state index contributed by atoms with van der Waals surface area (Å²) in [6, 6.07) is 0.525. The molecule has 0 saturated heterocycles. The number of ether oxygens (including phenoxy) is 1. The van der Waals surface area contributed by atoms with Crippen molar-refractivity contribution < 1.29 is 9.84 Å². The average molecular weight is 215 g/mol. The van der Waals surface area contributed by atoms with Crippen LogP contribution in [0.25, 0.3) is 0 Å². The molecule has 3 heteroatoms. The van der Waals surface area contributed by atoms with Crippen molar-refractivity contribution >= 4 is 0 Å². The first-order chi connectivity index (χ1) is 7.24. The van der Waals surface area contributed by atoms with Gasteiger partial charge in [-0.15, -0.1) is 0 Å². The second-order valence-corrected chi connectivity index (χ2v) is 4.70. The minimum Gasteiger partial charge on any atom is -0.389 e. The van der Waals surface area contributed by atoms with Gasteiger partial charge in [0.25, 0.3) is 0 Å². The highest BCUT2D eigenvalue weighted by atomic mass is 16.5. The van der Waals surface area contributed by atoms with Crippen molar-refractivity contribution in [2.45, 2.75) is 51.2 Å². The maximum absolute atomic E-state index is 9.51. The summed E-state index contributed by atoms with van der Waals surface area (Å²) in [7, 11) is 1.62. The smallest absolute Gasteiger partial charge is 0.0897 e. The molecule has 1 unspecified atom stereocenters. The zero-order valence-electron chi connectivity index (χ0n) is 10.0. The summed E-state index contributed by atoms with van der Waals surface area (Å²) in [6.45, 7) is 3.30. The Hall–Kier alpha value is -0.120. The predicted octanol–water partition coefficient (Wildman–Crippen LogP) is 1.55. The van der Waals surface area contributed by atoms with E-state index < -0.39 is 0 Å². The molecule has 0 bridgehead atoms. The quantitative estimate of drug-likeness (QED) is 0.706. The normalized spacial score (nSPS) is 22.6. The van der Waals surface area contributed by atoms with Gasteiger partial charge in [0.2, 0.25) is 0 Å². The molecule has 0 heterocycles. The first-order valence-electron chi connectivity index (χ1n) is 6.14. The van der Waals surface area contributed by atoms with E-state index in [1.807, 2.05) is 0 Å². The zero-order valence-corrected chi connectivity index (χ0v) is 10.0. The highest BCUT2D eigenvalue weighted by molar-refractivity contribution is 4.76. The number of methoxy groups -OCH3 is 1. The zero-order chi connectivity index (χ0) is 11.1. The number of hydrogen-bond acceptors (Lipinski definition) is 3. The molecule has 0 aromatic carbocycles. The van der Waals surface area contributed by atoms with Crippen molar-refractivity contribution in [3.63, 3.8) is 0 Å². The van der Waals surface area contributed by atoms with E-state index in [1.54, 1.807) is 7.11 Å². The molecular formula is C12H25NO2. The Bertz CT molecular complexity index is 158. The Labute approximate surface area is 93.2 Å². The molecule has 1 rings (SSSR count). The molecule has 3 nitrogen and oxygen atoms in total. The third-order valence-electron chi connectivity index (χ3n) is 3.39. The van der Waals surface area contributed by atoms with E-state index in [0.717, 1.165) is 5.92 Å². The number of hydrogen-bond donors (Lipinski definition) is 2. The number of aliphatic hydroxyl groups excluding tert-OH is 1. The third kappa shape index (κ3) is 4.96. The van der Waals surface area contributed by atoms with Crippen LogP contribution in [0.4, 0.5) is 0 Å². The first kappa shape index (κ1) is 12.9. The largest absolute Gasteiger partial charge is 0.389 e. The number of rotatable bonds is 6. The van der Waals surface area contributed by atoms with E-state index in [-0.39, 0.29) is 6.10 Å². The molecular weight excluding hydrogens is 190 g/mol. The van der Waals surface area contributed by atoms with E-state index >= 15 is 0 Å². The second kappa shape index (κ2) is 7.20. The van der Waals surface area contributed by atoms with Gasteiger partial charge in [0, 0.05) is 19.7 Å². The van der Waals surface area contributed by atoms with Gasteiger partial charge in [0.05, 0.1) is 12.7 Å². The van der Waals surface area contributed by atoms with Gasteiger partial charge >= 0.3 is 0 Å². The highest BCUT2D eigenvalue weighted by Crippen LogP contribution is 2.26. The Balaban J connectivity index is 2.13. The Morgan fingerprint density at radius 2 is 2.00 bits per heavy atom. The van der Waals surface area contributed by atoms with Crippen molar-refractivity contribution in [2.24, 2.45) is 5.92 Å². The van der Waals surface area contributed by atoms with E-state index in [0.29, 0.717) is 19.2 Å². The molecule has 0 amide bonds. The summed E-state index contributed by atoms with van der Waals surface area (Å²) in [5.74, 6) is 0.800. The monoisotopic (exact) mass is 215 g/mol. The van der Waals surface area contributed by atoms with Gasteiger partial charge in [-0.25, -0.2) is 0 Å². The van der Waals surface area contributed by atoms with E-state index in [2.05, 4.69) is 12.2 Å². The van der Waals surface area contributed by atoms with Gasteiger partial charge < -0.3 is 15.2 Å². The standard InChI is InChI=1S/C12H25NO2/c1-10(11-6-4-3-5-7-11)13-8-12(14)9-15-2/h10-14H,3-9H2,1-2H3/t10-,12?/m0/s1. The van der Waals surface area contributed by atoms with Crippen LogP contribution in [0.5, 0.6) is 0 Å². The minimum atomic E-state index is -0.374. The van der Waals surface area contributed by atoms with Crippen LogP contribution < -0.4 is 5.32 Å². The molecule has 1 aliphatic rings. The lowest BCUT2D eigenvalue weighted by Gasteiger charge is -2.29. The fraction of sp³-hybridized carbons (Fsp3) is 1.00. The lowest BCUT2D eigenvalue weighted by Crippen LogP contribution is -2.40. The fourth-order valence-corrected chi connectivity index (χ4v) is 2.37. The van der Waals surface area contributed by atoms with E-state index in [4.69, 9.17) is 4.74 Å². The predicted molar refractivity (Wildman–Crippen MR) is 61.9 cm³/mol. The molecule has 0 aromatic rings. The van der Waals surface area contributed by atoms with Crippen LogP contribution in [0.2, 0.25) is 0 Å².